The highest BCUT2D eigenvalue weighted by Gasteiger charge is 2.41. The Morgan fingerprint density at radius 2 is 2.07 bits per heavy atom. The lowest BCUT2D eigenvalue weighted by atomic mass is 9.99. The second-order valence-electron chi connectivity index (χ2n) is 10.7. The molecule has 3 atom stereocenters. The van der Waals surface area contributed by atoms with E-state index in [0.717, 1.165) is 13.3 Å². The molecule has 2 saturated heterocycles. The number of ether oxygens (including phenoxy) is 3. The first-order chi connectivity index (χ1) is 19.3. The summed E-state index contributed by atoms with van der Waals surface area (Å²) in [4.78, 5) is 42.5. The summed E-state index contributed by atoms with van der Waals surface area (Å²) in [5, 5.41) is 4.65. The predicted octanol–water partition coefficient (Wildman–Crippen LogP) is 3.41. The second kappa shape index (κ2) is 10.9. The Bertz CT molecular complexity index is 1320. The lowest BCUT2D eigenvalue weighted by molar-refractivity contribution is -0.149. The number of aryl methyl sites for hydroxylation is 1. The van der Waals surface area contributed by atoms with Crippen molar-refractivity contribution >= 4 is 29.3 Å². The van der Waals surface area contributed by atoms with Crippen LogP contribution >= 0.6 is 0 Å². The first kappa shape index (κ1) is 28.8. The van der Waals surface area contributed by atoms with Crippen LogP contribution in [-0.4, -0.2) is 83.3 Å². The van der Waals surface area contributed by atoms with Crippen LogP contribution in [0.1, 0.15) is 49.9 Å². The van der Waals surface area contributed by atoms with E-state index in [9.17, 15) is 22.8 Å². The molecule has 2 N–H and O–H groups in total. The fourth-order valence-electron chi connectivity index (χ4n) is 5.11. The SMILES string of the molecule is Cc1nc(C(=O)NC(C)C(F)(F)F)nc2c1N1CCC[C@@H](C1)N2C(=O)Nc1cc(OCC2COC(C)(C)O2)ccn1. The zero-order valence-electron chi connectivity index (χ0n) is 23.1. The van der Waals surface area contributed by atoms with Gasteiger partial charge < -0.3 is 24.4 Å². The Morgan fingerprint density at radius 3 is 2.78 bits per heavy atom. The first-order valence-electron chi connectivity index (χ1n) is 13.3. The van der Waals surface area contributed by atoms with Gasteiger partial charge in [-0.1, -0.05) is 0 Å². The lowest BCUT2D eigenvalue weighted by Gasteiger charge is -2.46. The van der Waals surface area contributed by atoms with E-state index in [0.29, 0.717) is 43.2 Å². The summed E-state index contributed by atoms with van der Waals surface area (Å²) in [5.41, 5.74) is 0.941. The smallest absolute Gasteiger partial charge is 0.408 e. The maximum absolute atomic E-state index is 13.7. The number of nitrogens with zero attached hydrogens (tertiary/aromatic N) is 5. The van der Waals surface area contributed by atoms with Crippen LogP contribution in [0.25, 0.3) is 0 Å². The minimum absolute atomic E-state index is 0.157. The van der Waals surface area contributed by atoms with Crippen LogP contribution < -0.4 is 25.2 Å². The largest absolute Gasteiger partial charge is 0.491 e. The van der Waals surface area contributed by atoms with Crippen molar-refractivity contribution in [3.63, 3.8) is 0 Å². The zero-order valence-corrected chi connectivity index (χ0v) is 23.1. The zero-order chi connectivity index (χ0) is 29.5. The van der Waals surface area contributed by atoms with Crippen molar-refractivity contribution in [3.05, 3.63) is 29.8 Å². The van der Waals surface area contributed by atoms with E-state index in [1.807, 2.05) is 24.1 Å². The molecule has 2 fully saturated rings. The number of piperidine rings is 1. The van der Waals surface area contributed by atoms with Gasteiger partial charge in [0.05, 0.1) is 18.3 Å². The fourth-order valence-corrected chi connectivity index (χ4v) is 5.11. The van der Waals surface area contributed by atoms with Gasteiger partial charge in [-0.15, -0.1) is 0 Å². The van der Waals surface area contributed by atoms with Crippen LogP contribution in [0.15, 0.2) is 18.3 Å². The molecule has 5 heterocycles. The van der Waals surface area contributed by atoms with Gasteiger partial charge >= 0.3 is 12.2 Å². The van der Waals surface area contributed by atoms with Gasteiger partial charge in [-0.3, -0.25) is 15.0 Å². The number of nitrogens with one attached hydrogen (secondary N) is 2. The normalized spacial score (nSPS) is 22.1. The van der Waals surface area contributed by atoms with E-state index >= 15 is 0 Å². The molecule has 2 bridgehead atoms. The molecule has 0 radical (unpaired) electrons. The standard InChI is InChI=1S/C26H32F3N7O5/c1-14-20-22(34-21(31-14)23(37)32-15(2)26(27,28)29)36(16-6-5-9-35(20)11-16)24(38)33-19-10-17(7-8-30-19)39-12-18-13-40-25(3,4)41-18/h7-8,10,15-16,18H,5-6,9,11-13H2,1-4H3,(H,32,37)(H,30,33,38)/t15?,16-,18?/m0/s1. The molecule has 0 aromatic carbocycles. The first-order valence-corrected chi connectivity index (χ1v) is 13.3. The summed E-state index contributed by atoms with van der Waals surface area (Å²) in [6.07, 6.45) is -1.90. The van der Waals surface area contributed by atoms with Crippen molar-refractivity contribution in [1.82, 2.24) is 20.3 Å². The monoisotopic (exact) mass is 579 g/mol. The van der Waals surface area contributed by atoms with Crippen molar-refractivity contribution in [3.8, 4) is 5.75 Å². The molecular weight excluding hydrogens is 547 g/mol. The van der Waals surface area contributed by atoms with Gasteiger partial charge in [0.15, 0.2) is 11.6 Å². The molecule has 0 aliphatic carbocycles. The number of urea groups is 1. The van der Waals surface area contributed by atoms with Crippen LogP contribution in [0.2, 0.25) is 0 Å². The Balaban J connectivity index is 1.36. The van der Waals surface area contributed by atoms with Gasteiger partial charge in [-0.2, -0.15) is 13.2 Å². The Hall–Kier alpha value is -3.72. The van der Waals surface area contributed by atoms with Crippen LogP contribution in [0, 0.1) is 6.92 Å². The third-order valence-corrected chi connectivity index (χ3v) is 7.08. The minimum atomic E-state index is -4.63. The topological polar surface area (TPSA) is 131 Å². The molecule has 41 heavy (non-hydrogen) atoms. The van der Waals surface area contributed by atoms with Crippen LogP contribution in [0.5, 0.6) is 5.75 Å². The number of carbonyl (C=O) groups is 2. The fraction of sp³-hybridized carbons (Fsp3) is 0.577. The maximum Gasteiger partial charge on any atom is 0.408 e. The number of hydrogen-bond donors (Lipinski definition) is 2. The molecular formula is C26H32F3N7O5. The molecule has 3 aliphatic rings. The molecule has 15 heteroatoms. The summed E-state index contributed by atoms with van der Waals surface area (Å²) in [6.45, 7) is 7.98. The molecule has 12 nitrogen and oxygen atoms in total. The van der Waals surface area contributed by atoms with E-state index < -0.39 is 35.8 Å². The number of alkyl halides is 3. The molecule has 2 aromatic heterocycles. The van der Waals surface area contributed by atoms with Crippen molar-refractivity contribution in [2.75, 3.05) is 41.4 Å². The molecule has 3 amide bonds. The quantitative estimate of drug-likeness (QED) is 0.529. The van der Waals surface area contributed by atoms with Crippen molar-refractivity contribution in [2.24, 2.45) is 0 Å². The van der Waals surface area contributed by atoms with Gasteiger partial charge in [0.25, 0.3) is 5.91 Å². The van der Waals surface area contributed by atoms with Gasteiger partial charge in [-0.05, 0) is 46.6 Å². The molecule has 2 unspecified atom stereocenters. The van der Waals surface area contributed by atoms with Crippen LogP contribution in [-0.2, 0) is 9.47 Å². The number of halogens is 3. The minimum Gasteiger partial charge on any atom is -0.491 e. The summed E-state index contributed by atoms with van der Waals surface area (Å²) < 4.78 is 56.3. The molecule has 0 saturated carbocycles. The van der Waals surface area contributed by atoms with Gasteiger partial charge in [0, 0.05) is 25.4 Å². The second-order valence-corrected chi connectivity index (χ2v) is 10.7. The van der Waals surface area contributed by atoms with E-state index in [-0.39, 0.29) is 30.4 Å². The predicted molar refractivity (Wildman–Crippen MR) is 141 cm³/mol. The summed E-state index contributed by atoms with van der Waals surface area (Å²) in [5.74, 6) is -1.38. The molecule has 2 aromatic rings. The van der Waals surface area contributed by atoms with Gasteiger partial charge in [0.2, 0.25) is 5.82 Å². The number of pyridine rings is 1. The van der Waals surface area contributed by atoms with Gasteiger partial charge in [-0.25, -0.2) is 19.7 Å². The average molecular weight is 580 g/mol. The molecule has 222 valence electrons. The van der Waals surface area contributed by atoms with E-state index in [1.54, 1.807) is 19.1 Å². The number of rotatable bonds is 6. The number of hydrogen-bond acceptors (Lipinski definition) is 9. The highest BCUT2D eigenvalue weighted by molar-refractivity contribution is 6.04. The number of aromatic nitrogens is 3. The highest BCUT2D eigenvalue weighted by Crippen LogP contribution is 2.40. The van der Waals surface area contributed by atoms with E-state index in [4.69, 9.17) is 14.2 Å². The number of amides is 3. The average Bonchev–Trinajstić information content (AvgIpc) is 3.25. The summed E-state index contributed by atoms with van der Waals surface area (Å²) in [6, 6.07) is 0.286. The van der Waals surface area contributed by atoms with Crippen molar-refractivity contribution < 1.29 is 37.0 Å². The Labute approximate surface area is 234 Å². The van der Waals surface area contributed by atoms with E-state index in [1.165, 1.54) is 11.1 Å². The van der Waals surface area contributed by atoms with Crippen molar-refractivity contribution in [2.45, 2.75) is 70.7 Å². The van der Waals surface area contributed by atoms with Crippen LogP contribution in [0.3, 0.4) is 0 Å². The Kier molecular flexibility index (Phi) is 7.68. The van der Waals surface area contributed by atoms with Crippen LogP contribution in [0.4, 0.5) is 35.3 Å². The van der Waals surface area contributed by atoms with E-state index in [2.05, 4.69) is 20.3 Å². The summed E-state index contributed by atoms with van der Waals surface area (Å²) >= 11 is 0. The molecule has 3 aliphatic heterocycles. The highest BCUT2D eigenvalue weighted by atomic mass is 19.4. The van der Waals surface area contributed by atoms with Crippen molar-refractivity contribution in [1.29, 1.82) is 0 Å². The number of carbonyl (C=O) groups excluding carboxylic acids is 2. The number of anilines is 3. The third-order valence-electron chi connectivity index (χ3n) is 7.08. The third kappa shape index (κ3) is 6.30. The summed E-state index contributed by atoms with van der Waals surface area (Å²) in [7, 11) is 0. The molecule has 0 spiro atoms. The maximum atomic E-state index is 13.7. The Morgan fingerprint density at radius 1 is 1.29 bits per heavy atom. The van der Waals surface area contributed by atoms with Gasteiger partial charge in [0.1, 0.15) is 36.0 Å². The lowest BCUT2D eigenvalue weighted by Crippen LogP contribution is -2.56. The molecule has 5 rings (SSSR count). The number of fused-ring (bicyclic) bond motifs is 4.